The van der Waals surface area contributed by atoms with E-state index in [0.29, 0.717) is 5.41 Å². The molecule has 1 heterocycles. The van der Waals surface area contributed by atoms with E-state index in [0.717, 1.165) is 37.4 Å². The molecule has 0 fully saturated rings. The highest BCUT2D eigenvalue weighted by molar-refractivity contribution is 5.09. The Morgan fingerprint density at radius 2 is 2.00 bits per heavy atom. The first-order valence-corrected chi connectivity index (χ1v) is 7.24. The zero-order valence-electron chi connectivity index (χ0n) is 12.9. The highest BCUT2D eigenvalue weighted by atomic mass is 15.1. The van der Waals surface area contributed by atoms with Gasteiger partial charge in [0.05, 0.1) is 5.69 Å². The molecule has 0 spiro atoms. The van der Waals surface area contributed by atoms with E-state index in [2.05, 4.69) is 42.9 Å². The lowest BCUT2D eigenvalue weighted by molar-refractivity contribution is 0.257. The third kappa shape index (κ3) is 6.69. The average Bonchev–Trinajstić information content (AvgIpc) is 2.28. The lowest BCUT2D eigenvalue weighted by Crippen LogP contribution is -2.23. The number of aryl methyl sites for hydroxylation is 1. The second kappa shape index (κ2) is 7.61. The summed E-state index contributed by atoms with van der Waals surface area (Å²) in [6, 6.07) is 6.22. The standard InChI is InChI=1S/C16H29N3/c1-14-7-5-8-15(18-14)13-19(4)12-6-9-16(2,3)10-11-17/h5,7-8H,6,9-13,17H2,1-4H3. The number of aromatic nitrogens is 1. The van der Waals surface area contributed by atoms with Crippen LogP contribution >= 0.6 is 0 Å². The molecule has 0 atom stereocenters. The molecule has 0 aromatic carbocycles. The molecule has 1 rings (SSSR count). The van der Waals surface area contributed by atoms with E-state index in [1.807, 2.05) is 13.0 Å². The fourth-order valence-electron chi connectivity index (χ4n) is 2.39. The summed E-state index contributed by atoms with van der Waals surface area (Å²) < 4.78 is 0. The van der Waals surface area contributed by atoms with Crippen molar-refractivity contribution >= 4 is 0 Å². The Hall–Kier alpha value is -0.930. The van der Waals surface area contributed by atoms with Crippen LogP contribution in [0.25, 0.3) is 0 Å². The lowest BCUT2D eigenvalue weighted by atomic mass is 9.84. The van der Waals surface area contributed by atoms with Crippen molar-refractivity contribution in [3.8, 4) is 0 Å². The molecule has 0 bridgehead atoms. The summed E-state index contributed by atoms with van der Waals surface area (Å²) in [7, 11) is 2.17. The van der Waals surface area contributed by atoms with Gasteiger partial charge in [-0.15, -0.1) is 0 Å². The second-order valence-corrected chi connectivity index (χ2v) is 6.31. The van der Waals surface area contributed by atoms with Crippen LogP contribution in [0.5, 0.6) is 0 Å². The molecular weight excluding hydrogens is 234 g/mol. The molecule has 0 aliphatic heterocycles. The van der Waals surface area contributed by atoms with Crippen LogP contribution in [-0.2, 0) is 6.54 Å². The molecule has 1 aromatic rings. The number of rotatable bonds is 8. The van der Waals surface area contributed by atoms with Gasteiger partial charge in [-0.25, -0.2) is 0 Å². The van der Waals surface area contributed by atoms with Crippen molar-refractivity contribution in [3.63, 3.8) is 0 Å². The topological polar surface area (TPSA) is 42.1 Å². The summed E-state index contributed by atoms with van der Waals surface area (Å²) in [6.07, 6.45) is 3.56. The minimum atomic E-state index is 0.372. The van der Waals surface area contributed by atoms with Gasteiger partial charge in [0.25, 0.3) is 0 Å². The smallest absolute Gasteiger partial charge is 0.0547 e. The van der Waals surface area contributed by atoms with E-state index in [1.165, 1.54) is 12.8 Å². The van der Waals surface area contributed by atoms with Crippen LogP contribution in [0.3, 0.4) is 0 Å². The molecule has 0 radical (unpaired) electrons. The van der Waals surface area contributed by atoms with Crippen molar-refractivity contribution in [1.29, 1.82) is 0 Å². The molecule has 0 aliphatic rings. The van der Waals surface area contributed by atoms with Crippen LogP contribution in [0.4, 0.5) is 0 Å². The zero-order valence-corrected chi connectivity index (χ0v) is 12.9. The van der Waals surface area contributed by atoms with Crippen molar-refractivity contribution in [3.05, 3.63) is 29.6 Å². The van der Waals surface area contributed by atoms with Gasteiger partial charge in [0.1, 0.15) is 0 Å². The van der Waals surface area contributed by atoms with Crippen LogP contribution in [0.2, 0.25) is 0 Å². The average molecular weight is 263 g/mol. The first kappa shape index (κ1) is 16.1. The summed E-state index contributed by atoms with van der Waals surface area (Å²) in [5.74, 6) is 0. The minimum Gasteiger partial charge on any atom is -0.330 e. The third-order valence-corrected chi connectivity index (χ3v) is 3.59. The molecule has 108 valence electrons. The lowest BCUT2D eigenvalue weighted by Gasteiger charge is -2.25. The Balaban J connectivity index is 2.30. The van der Waals surface area contributed by atoms with E-state index in [-0.39, 0.29) is 0 Å². The predicted octanol–water partition coefficient (Wildman–Crippen LogP) is 2.98. The number of nitrogens with two attached hydrogens (primary N) is 1. The molecule has 3 heteroatoms. The zero-order chi connectivity index (χ0) is 14.3. The number of hydrogen-bond acceptors (Lipinski definition) is 3. The van der Waals surface area contributed by atoms with Crippen LogP contribution in [0.15, 0.2) is 18.2 Å². The van der Waals surface area contributed by atoms with Crippen LogP contribution < -0.4 is 5.73 Å². The summed E-state index contributed by atoms with van der Waals surface area (Å²) in [5.41, 5.74) is 8.26. The summed E-state index contributed by atoms with van der Waals surface area (Å²) in [4.78, 5) is 6.89. The fourth-order valence-corrected chi connectivity index (χ4v) is 2.39. The van der Waals surface area contributed by atoms with Crippen molar-refractivity contribution in [1.82, 2.24) is 9.88 Å². The molecule has 19 heavy (non-hydrogen) atoms. The van der Waals surface area contributed by atoms with Gasteiger partial charge in [-0.2, -0.15) is 0 Å². The van der Waals surface area contributed by atoms with Crippen molar-refractivity contribution in [2.45, 2.75) is 46.6 Å². The maximum atomic E-state index is 5.64. The summed E-state index contributed by atoms with van der Waals surface area (Å²) in [5, 5.41) is 0. The van der Waals surface area contributed by atoms with Crippen LogP contribution in [0.1, 0.15) is 44.5 Å². The van der Waals surface area contributed by atoms with Crippen molar-refractivity contribution < 1.29 is 0 Å². The number of pyridine rings is 1. The first-order chi connectivity index (χ1) is 8.93. The van der Waals surface area contributed by atoms with Gasteiger partial charge in [0, 0.05) is 12.2 Å². The van der Waals surface area contributed by atoms with Crippen LogP contribution in [0, 0.1) is 12.3 Å². The highest BCUT2D eigenvalue weighted by Gasteiger charge is 2.16. The SMILES string of the molecule is Cc1cccc(CN(C)CCCC(C)(C)CCN)n1. The normalized spacial score (nSPS) is 12.1. The quantitative estimate of drug-likeness (QED) is 0.784. The molecular formula is C16H29N3. The monoisotopic (exact) mass is 263 g/mol. The highest BCUT2D eigenvalue weighted by Crippen LogP contribution is 2.25. The maximum Gasteiger partial charge on any atom is 0.0547 e. The molecule has 2 N–H and O–H groups in total. The van der Waals surface area contributed by atoms with Crippen molar-refractivity contribution in [2.75, 3.05) is 20.1 Å². The van der Waals surface area contributed by atoms with Gasteiger partial charge < -0.3 is 10.6 Å². The molecule has 3 nitrogen and oxygen atoms in total. The molecule has 1 aromatic heterocycles. The Morgan fingerprint density at radius 3 is 2.63 bits per heavy atom. The molecule has 0 saturated heterocycles. The Labute approximate surface area is 118 Å². The van der Waals surface area contributed by atoms with Crippen molar-refractivity contribution in [2.24, 2.45) is 11.1 Å². The Bertz CT molecular complexity index is 374. The summed E-state index contributed by atoms with van der Waals surface area (Å²) >= 11 is 0. The Kier molecular flexibility index (Phi) is 6.46. The van der Waals surface area contributed by atoms with Gasteiger partial charge in [-0.05, 0) is 63.9 Å². The maximum absolute atomic E-state index is 5.64. The predicted molar refractivity (Wildman–Crippen MR) is 82.0 cm³/mol. The van der Waals surface area contributed by atoms with Gasteiger partial charge in [-0.3, -0.25) is 4.98 Å². The van der Waals surface area contributed by atoms with E-state index in [4.69, 9.17) is 5.73 Å². The molecule has 0 aliphatic carbocycles. The van der Waals surface area contributed by atoms with Gasteiger partial charge >= 0.3 is 0 Å². The van der Waals surface area contributed by atoms with Gasteiger partial charge in [0.2, 0.25) is 0 Å². The second-order valence-electron chi connectivity index (χ2n) is 6.31. The molecule has 0 saturated carbocycles. The molecule has 0 amide bonds. The van der Waals surface area contributed by atoms with Gasteiger partial charge in [-0.1, -0.05) is 19.9 Å². The Morgan fingerprint density at radius 1 is 1.26 bits per heavy atom. The number of nitrogens with zero attached hydrogens (tertiary/aromatic N) is 2. The summed E-state index contributed by atoms with van der Waals surface area (Å²) in [6.45, 7) is 9.49. The third-order valence-electron chi connectivity index (χ3n) is 3.59. The largest absolute Gasteiger partial charge is 0.330 e. The minimum absolute atomic E-state index is 0.372. The van der Waals surface area contributed by atoms with Gasteiger partial charge in [0.15, 0.2) is 0 Å². The fraction of sp³-hybridized carbons (Fsp3) is 0.688. The number of hydrogen-bond donors (Lipinski definition) is 1. The molecule has 0 unspecified atom stereocenters. The van der Waals surface area contributed by atoms with E-state index >= 15 is 0 Å². The first-order valence-electron chi connectivity index (χ1n) is 7.24. The van der Waals surface area contributed by atoms with E-state index < -0.39 is 0 Å². The van der Waals surface area contributed by atoms with Crippen LogP contribution in [-0.4, -0.2) is 30.0 Å². The van der Waals surface area contributed by atoms with E-state index in [1.54, 1.807) is 0 Å². The van der Waals surface area contributed by atoms with E-state index in [9.17, 15) is 0 Å².